The van der Waals surface area contributed by atoms with E-state index in [0.29, 0.717) is 6.54 Å². The molecule has 0 aliphatic rings. The normalized spacial score (nSPS) is 14.0. The van der Waals surface area contributed by atoms with Crippen LogP contribution in [0.4, 0.5) is 0 Å². The molecule has 4 N–H and O–H groups in total. The quantitative estimate of drug-likeness (QED) is 0.641. The van der Waals surface area contributed by atoms with Crippen molar-refractivity contribution in [3.05, 3.63) is 12.2 Å². The van der Waals surface area contributed by atoms with Gasteiger partial charge in [0.15, 0.2) is 0 Å². The molecule has 0 heterocycles. The average molecular weight is 184 g/mol. The van der Waals surface area contributed by atoms with Crippen molar-refractivity contribution in [3.63, 3.8) is 0 Å². The van der Waals surface area contributed by atoms with Gasteiger partial charge in [-0.25, -0.2) is 0 Å². The lowest BCUT2D eigenvalue weighted by Crippen LogP contribution is -2.29. The Morgan fingerprint density at radius 3 is 2.00 bits per heavy atom. The van der Waals surface area contributed by atoms with Gasteiger partial charge in [-0.2, -0.15) is 0 Å². The molecule has 0 spiro atoms. The summed E-state index contributed by atoms with van der Waals surface area (Å²) in [7, 11) is 0. The van der Waals surface area contributed by atoms with Crippen LogP contribution in [0.1, 0.15) is 34.1 Å². The van der Waals surface area contributed by atoms with Crippen molar-refractivity contribution in [2.75, 3.05) is 13.1 Å². The zero-order valence-corrected chi connectivity index (χ0v) is 9.43. The lowest BCUT2D eigenvalue weighted by molar-refractivity contribution is 0.245. The molecule has 13 heavy (non-hydrogen) atoms. The Labute approximate surface area is 82.4 Å². The van der Waals surface area contributed by atoms with Gasteiger partial charge in [0.2, 0.25) is 0 Å². The van der Waals surface area contributed by atoms with E-state index < -0.39 is 0 Å². The summed E-state index contributed by atoms with van der Waals surface area (Å²) in [5, 5.41) is 0. The van der Waals surface area contributed by atoms with E-state index in [-0.39, 0.29) is 10.8 Å². The molecule has 0 bridgehead atoms. The van der Waals surface area contributed by atoms with Gasteiger partial charge in [0.25, 0.3) is 0 Å². The number of allylic oxidation sites excluding steroid dienone is 1. The zero-order chi connectivity index (χ0) is 10.5. The molecule has 0 saturated carbocycles. The Balaban J connectivity index is 4.24. The van der Waals surface area contributed by atoms with E-state index in [2.05, 4.69) is 33.8 Å². The first-order valence-corrected chi connectivity index (χ1v) is 4.91. The fourth-order valence-electron chi connectivity index (χ4n) is 1.75. The van der Waals surface area contributed by atoms with Crippen LogP contribution >= 0.6 is 0 Å². The lowest BCUT2D eigenvalue weighted by Gasteiger charge is -2.32. The molecule has 0 aromatic heterocycles. The standard InChI is InChI=1S/C11H24N2/c1-10(2,6-5-7-12)8-11(3,4)9-13/h5-6H,7-9,12-13H2,1-4H3. The average Bonchev–Trinajstić information content (AvgIpc) is 1.99. The number of rotatable bonds is 5. The SMILES string of the molecule is CC(C)(C=CCN)CC(C)(C)CN. The second kappa shape index (κ2) is 4.77. The molecule has 0 atom stereocenters. The minimum Gasteiger partial charge on any atom is -0.330 e. The van der Waals surface area contributed by atoms with E-state index >= 15 is 0 Å². The van der Waals surface area contributed by atoms with Crippen LogP contribution in [0.5, 0.6) is 0 Å². The van der Waals surface area contributed by atoms with Gasteiger partial charge < -0.3 is 11.5 Å². The molecule has 2 heteroatoms. The second-order valence-electron chi connectivity index (χ2n) is 5.17. The molecule has 0 saturated heterocycles. The Morgan fingerprint density at radius 2 is 1.62 bits per heavy atom. The summed E-state index contributed by atoms with van der Waals surface area (Å²) in [6, 6.07) is 0. The van der Waals surface area contributed by atoms with Crippen LogP contribution in [0.3, 0.4) is 0 Å². The Morgan fingerprint density at radius 1 is 1.08 bits per heavy atom. The number of nitrogens with two attached hydrogens (primary N) is 2. The first-order valence-electron chi connectivity index (χ1n) is 4.91. The highest BCUT2D eigenvalue weighted by Crippen LogP contribution is 2.33. The molecule has 0 aromatic rings. The van der Waals surface area contributed by atoms with Gasteiger partial charge in [0.05, 0.1) is 0 Å². The minimum absolute atomic E-state index is 0.197. The topological polar surface area (TPSA) is 52.0 Å². The highest BCUT2D eigenvalue weighted by Gasteiger charge is 2.25. The van der Waals surface area contributed by atoms with Gasteiger partial charge in [0.1, 0.15) is 0 Å². The summed E-state index contributed by atoms with van der Waals surface area (Å²) >= 11 is 0. The van der Waals surface area contributed by atoms with Crippen molar-refractivity contribution in [1.82, 2.24) is 0 Å². The Kier molecular flexibility index (Phi) is 4.65. The predicted octanol–water partition coefficient (Wildman–Crippen LogP) is 1.90. The van der Waals surface area contributed by atoms with E-state index in [0.717, 1.165) is 13.0 Å². The van der Waals surface area contributed by atoms with Crippen LogP contribution in [-0.2, 0) is 0 Å². The second-order valence-corrected chi connectivity index (χ2v) is 5.17. The van der Waals surface area contributed by atoms with Crippen LogP contribution in [-0.4, -0.2) is 13.1 Å². The summed E-state index contributed by atoms with van der Waals surface area (Å²) in [6.07, 6.45) is 5.30. The third kappa shape index (κ3) is 5.83. The van der Waals surface area contributed by atoms with Gasteiger partial charge in [-0.1, -0.05) is 39.8 Å². The van der Waals surface area contributed by atoms with E-state index in [1.165, 1.54) is 0 Å². The molecule has 0 aliphatic carbocycles. The first kappa shape index (κ1) is 12.7. The third-order valence-electron chi connectivity index (χ3n) is 2.19. The van der Waals surface area contributed by atoms with Crippen molar-refractivity contribution in [2.45, 2.75) is 34.1 Å². The highest BCUT2D eigenvalue weighted by molar-refractivity contribution is 4.97. The summed E-state index contributed by atoms with van der Waals surface area (Å²) in [4.78, 5) is 0. The number of hydrogen-bond donors (Lipinski definition) is 2. The molecular formula is C11H24N2. The van der Waals surface area contributed by atoms with Crippen LogP contribution in [0.15, 0.2) is 12.2 Å². The van der Waals surface area contributed by atoms with E-state index in [1.54, 1.807) is 0 Å². The van der Waals surface area contributed by atoms with E-state index in [1.807, 2.05) is 6.08 Å². The molecule has 0 amide bonds. The smallest absolute Gasteiger partial charge is 0.0107 e. The van der Waals surface area contributed by atoms with Crippen molar-refractivity contribution in [2.24, 2.45) is 22.3 Å². The maximum atomic E-state index is 5.69. The van der Waals surface area contributed by atoms with Crippen molar-refractivity contribution >= 4 is 0 Å². The lowest BCUT2D eigenvalue weighted by atomic mass is 9.75. The fraction of sp³-hybridized carbons (Fsp3) is 0.818. The largest absolute Gasteiger partial charge is 0.330 e. The van der Waals surface area contributed by atoms with Gasteiger partial charge in [0, 0.05) is 6.54 Å². The minimum atomic E-state index is 0.197. The maximum absolute atomic E-state index is 5.69. The fourth-order valence-corrected chi connectivity index (χ4v) is 1.75. The third-order valence-corrected chi connectivity index (χ3v) is 2.19. The van der Waals surface area contributed by atoms with Crippen LogP contribution in [0, 0.1) is 10.8 Å². The number of hydrogen-bond acceptors (Lipinski definition) is 2. The molecule has 78 valence electrons. The van der Waals surface area contributed by atoms with Crippen LogP contribution in [0.25, 0.3) is 0 Å². The monoisotopic (exact) mass is 184 g/mol. The summed E-state index contributed by atoms with van der Waals surface area (Å²) in [5.41, 5.74) is 11.5. The molecule has 0 rings (SSSR count). The molecule has 0 unspecified atom stereocenters. The van der Waals surface area contributed by atoms with Crippen LogP contribution in [0.2, 0.25) is 0 Å². The highest BCUT2D eigenvalue weighted by atomic mass is 14.6. The first-order chi connectivity index (χ1) is 5.83. The van der Waals surface area contributed by atoms with Gasteiger partial charge >= 0.3 is 0 Å². The summed E-state index contributed by atoms with van der Waals surface area (Å²) < 4.78 is 0. The molecule has 0 fully saturated rings. The van der Waals surface area contributed by atoms with E-state index in [4.69, 9.17) is 11.5 Å². The predicted molar refractivity (Wildman–Crippen MR) is 59.4 cm³/mol. The molecule has 0 radical (unpaired) electrons. The summed E-state index contributed by atoms with van der Waals surface area (Å²) in [5.74, 6) is 0. The Hall–Kier alpha value is -0.340. The molecule has 0 aromatic carbocycles. The van der Waals surface area contributed by atoms with Gasteiger partial charge in [-0.3, -0.25) is 0 Å². The molecular weight excluding hydrogens is 160 g/mol. The van der Waals surface area contributed by atoms with Crippen LogP contribution < -0.4 is 11.5 Å². The molecule has 2 nitrogen and oxygen atoms in total. The van der Waals surface area contributed by atoms with E-state index in [9.17, 15) is 0 Å². The molecule has 0 aliphatic heterocycles. The van der Waals surface area contributed by atoms with Crippen molar-refractivity contribution in [3.8, 4) is 0 Å². The van der Waals surface area contributed by atoms with Crippen molar-refractivity contribution < 1.29 is 0 Å². The van der Waals surface area contributed by atoms with Gasteiger partial charge in [-0.15, -0.1) is 0 Å². The van der Waals surface area contributed by atoms with Gasteiger partial charge in [-0.05, 0) is 23.8 Å². The van der Waals surface area contributed by atoms with Crippen molar-refractivity contribution in [1.29, 1.82) is 0 Å². The maximum Gasteiger partial charge on any atom is 0.0107 e. The zero-order valence-electron chi connectivity index (χ0n) is 9.43. The Bertz CT molecular complexity index is 169. The summed E-state index contributed by atoms with van der Waals surface area (Å²) in [6.45, 7) is 10.2.